The molecule has 3 rings (SSSR count). The van der Waals surface area contributed by atoms with Crippen molar-refractivity contribution >= 4 is 20.8 Å². The molecule has 2 atom stereocenters. The molecule has 2 aromatic carbocycles. The lowest BCUT2D eigenvalue weighted by Gasteiger charge is -2.17. The van der Waals surface area contributed by atoms with Crippen molar-refractivity contribution in [3.63, 3.8) is 0 Å². The molecular formula is C18H20N2O3S. The highest BCUT2D eigenvalue weighted by atomic mass is 32.2. The van der Waals surface area contributed by atoms with Crippen LogP contribution in [0.1, 0.15) is 26.2 Å². The van der Waals surface area contributed by atoms with Crippen LogP contribution in [-0.2, 0) is 10.0 Å². The van der Waals surface area contributed by atoms with E-state index in [4.69, 9.17) is 10.00 Å². The number of fused-ring (bicyclic) bond motifs is 1. The van der Waals surface area contributed by atoms with Gasteiger partial charge in [-0.25, -0.2) is 13.1 Å². The Labute approximate surface area is 142 Å². The lowest BCUT2D eigenvalue weighted by molar-refractivity contribution is 0.344. The maximum Gasteiger partial charge on any atom is 0.241 e. The van der Waals surface area contributed by atoms with E-state index in [9.17, 15) is 8.42 Å². The van der Waals surface area contributed by atoms with Crippen LogP contribution < -0.4 is 9.46 Å². The average molecular weight is 344 g/mol. The predicted molar refractivity (Wildman–Crippen MR) is 92.2 cm³/mol. The van der Waals surface area contributed by atoms with E-state index < -0.39 is 10.0 Å². The normalized spacial score (nSPS) is 20.8. The summed E-state index contributed by atoms with van der Waals surface area (Å²) < 4.78 is 34.1. The zero-order valence-corrected chi connectivity index (χ0v) is 14.3. The first-order valence-corrected chi connectivity index (χ1v) is 9.61. The van der Waals surface area contributed by atoms with Gasteiger partial charge in [0.1, 0.15) is 5.75 Å². The summed E-state index contributed by atoms with van der Waals surface area (Å²) in [6.45, 7) is 2.41. The van der Waals surface area contributed by atoms with Gasteiger partial charge in [0.15, 0.2) is 0 Å². The first kappa shape index (κ1) is 16.7. The smallest absolute Gasteiger partial charge is 0.241 e. The van der Waals surface area contributed by atoms with Gasteiger partial charge in [-0.3, -0.25) is 0 Å². The SMILES string of the molecule is CCOc1ccc(S(=O)(=O)N[C@H]2CCC[C@@H]2C#N)c2ccccc12. The highest BCUT2D eigenvalue weighted by molar-refractivity contribution is 7.89. The van der Waals surface area contributed by atoms with E-state index in [-0.39, 0.29) is 16.9 Å². The summed E-state index contributed by atoms with van der Waals surface area (Å²) in [5.41, 5.74) is 0. The van der Waals surface area contributed by atoms with Gasteiger partial charge in [0, 0.05) is 16.8 Å². The molecule has 0 amide bonds. The van der Waals surface area contributed by atoms with Gasteiger partial charge in [-0.2, -0.15) is 5.26 Å². The molecule has 1 aliphatic carbocycles. The van der Waals surface area contributed by atoms with E-state index in [1.165, 1.54) is 0 Å². The second-order valence-electron chi connectivity index (χ2n) is 5.93. The third kappa shape index (κ3) is 3.10. The molecule has 1 fully saturated rings. The van der Waals surface area contributed by atoms with E-state index in [0.717, 1.165) is 18.2 Å². The van der Waals surface area contributed by atoms with Crippen molar-refractivity contribution in [2.45, 2.75) is 37.1 Å². The van der Waals surface area contributed by atoms with Gasteiger partial charge in [-0.05, 0) is 31.9 Å². The number of nitrogens with zero attached hydrogens (tertiary/aromatic N) is 1. The minimum absolute atomic E-state index is 0.227. The Hall–Kier alpha value is -2.10. The zero-order valence-electron chi connectivity index (χ0n) is 13.5. The van der Waals surface area contributed by atoms with Crippen molar-refractivity contribution in [1.82, 2.24) is 4.72 Å². The van der Waals surface area contributed by atoms with E-state index in [1.54, 1.807) is 18.2 Å². The standard InChI is InChI=1S/C18H20N2O3S/c1-2-23-17-10-11-18(15-8-4-3-7-14(15)17)24(21,22)20-16-9-5-6-13(16)12-19/h3-4,7-8,10-11,13,16,20H,2,5-6,9H2,1H3/t13-,16+/m1/s1. The van der Waals surface area contributed by atoms with Crippen LogP contribution in [0.15, 0.2) is 41.3 Å². The second kappa shape index (κ2) is 6.80. The molecule has 2 aromatic rings. The van der Waals surface area contributed by atoms with Crippen LogP contribution in [0.4, 0.5) is 0 Å². The van der Waals surface area contributed by atoms with Crippen LogP contribution >= 0.6 is 0 Å². The third-order valence-corrected chi connectivity index (χ3v) is 5.97. The Morgan fingerprint density at radius 3 is 2.67 bits per heavy atom. The summed E-state index contributed by atoms with van der Waals surface area (Å²) in [6.07, 6.45) is 2.32. The molecule has 1 saturated carbocycles. The van der Waals surface area contributed by atoms with E-state index in [0.29, 0.717) is 24.2 Å². The Morgan fingerprint density at radius 1 is 1.21 bits per heavy atom. The number of nitriles is 1. The fraction of sp³-hybridized carbons (Fsp3) is 0.389. The average Bonchev–Trinajstić information content (AvgIpc) is 3.01. The molecule has 1 aliphatic rings. The number of ether oxygens (including phenoxy) is 1. The summed E-state index contributed by atoms with van der Waals surface area (Å²) in [5.74, 6) is 0.413. The van der Waals surface area contributed by atoms with Crippen LogP contribution in [0.3, 0.4) is 0 Å². The molecule has 6 heteroatoms. The van der Waals surface area contributed by atoms with Gasteiger partial charge in [-0.15, -0.1) is 0 Å². The van der Waals surface area contributed by atoms with Crippen LogP contribution in [0.5, 0.6) is 5.75 Å². The van der Waals surface area contributed by atoms with E-state index in [2.05, 4.69) is 10.8 Å². The van der Waals surface area contributed by atoms with Crippen LogP contribution in [-0.4, -0.2) is 21.1 Å². The van der Waals surface area contributed by atoms with E-state index >= 15 is 0 Å². The molecular weight excluding hydrogens is 324 g/mol. The summed E-state index contributed by atoms with van der Waals surface area (Å²) in [7, 11) is -3.70. The molecule has 0 aliphatic heterocycles. The van der Waals surface area contributed by atoms with Gasteiger partial charge in [0.25, 0.3) is 0 Å². The van der Waals surface area contributed by atoms with Crippen molar-refractivity contribution in [3.05, 3.63) is 36.4 Å². The highest BCUT2D eigenvalue weighted by Crippen LogP contribution is 2.32. The van der Waals surface area contributed by atoms with Crippen LogP contribution in [0, 0.1) is 17.2 Å². The van der Waals surface area contributed by atoms with Crippen molar-refractivity contribution in [2.24, 2.45) is 5.92 Å². The van der Waals surface area contributed by atoms with Gasteiger partial charge < -0.3 is 4.74 Å². The van der Waals surface area contributed by atoms with Crippen molar-refractivity contribution in [3.8, 4) is 11.8 Å². The van der Waals surface area contributed by atoms with Gasteiger partial charge in [0.2, 0.25) is 10.0 Å². The first-order chi connectivity index (χ1) is 11.6. The number of hydrogen-bond donors (Lipinski definition) is 1. The third-order valence-electron chi connectivity index (χ3n) is 4.42. The second-order valence-corrected chi connectivity index (χ2v) is 7.62. The van der Waals surface area contributed by atoms with Gasteiger partial charge >= 0.3 is 0 Å². The molecule has 1 N–H and O–H groups in total. The van der Waals surface area contributed by atoms with Gasteiger partial charge in [0.05, 0.1) is 23.5 Å². The Bertz CT molecular complexity index is 887. The molecule has 0 bridgehead atoms. The van der Waals surface area contributed by atoms with Gasteiger partial charge in [-0.1, -0.05) is 30.7 Å². The number of sulfonamides is 1. The number of nitrogens with one attached hydrogen (secondary N) is 1. The summed E-state index contributed by atoms with van der Waals surface area (Å²) in [5, 5.41) is 10.6. The first-order valence-electron chi connectivity index (χ1n) is 8.13. The molecule has 0 saturated heterocycles. The van der Waals surface area contributed by atoms with Crippen LogP contribution in [0.25, 0.3) is 10.8 Å². The van der Waals surface area contributed by atoms with Crippen molar-refractivity contribution in [1.29, 1.82) is 5.26 Å². The lowest BCUT2D eigenvalue weighted by atomic mass is 10.1. The summed E-state index contributed by atoms with van der Waals surface area (Å²) in [4.78, 5) is 0.227. The fourth-order valence-electron chi connectivity index (χ4n) is 3.28. The Balaban J connectivity index is 2.02. The molecule has 0 unspecified atom stereocenters. The minimum Gasteiger partial charge on any atom is -0.493 e. The number of hydrogen-bond acceptors (Lipinski definition) is 4. The summed E-state index contributed by atoms with van der Waals surface area (Å²) in [6, 6.07) is 12.5. The molecule has 0 spiro atoms. The Kier molecular flexibility index (Phi) is 4.74. The molecule has 0 radical (unpaired) electrons. The molecule has 0 heterocycles. The van der Waals surface area contributed by atoms with Crippen molar-refractivity contribution in [2.75, 3.05) is 6.61 Å². The quantitative estimate of drug-likeness (QED) is 0.903. The predicted octanol–water partition coefficient (Wildman–Crippen LogP) is 3.21. The number of benzene rings is 2. The van der Waals surface area contributed by atoms with Crippen LogP contribution in [0.2, 0.25) is 0 Å². The molecule has 0 aromatic heterocycles. The maximum atomic E-state index is 12.9. The fourth-order valence-corrected chi connectivity index (χ4v) is 4.80. The highest BCUT2D eigenvalue weighted by Gasteiger charge is 2.32. The lowest BCUT2D eigenvalue weighted by Crippen LogP contribution is -2.36. The van der Waals surface area contributed by atoms with Crippen molar-refractivity contribution < 1.29 is 13.2 Å². The molecule has 24 heavy (non-hydrogen) atoms. The molecule has 5 nitrogen and oxygen atoms in total. The maximum absolute atomic E-state index is 12.9. The summed E-state index contributed by atoms with van der Waals surface area (Å²) >= 11 is 0. The Morgan fingerprint density at radius 2 is 1.96 bits per heavy atom. The number of rotatable bonds is 5. The molecule has 126 valence electrons. The minimum atomic E-state index is -3.70. The largest absolute Gasteiger partial charge is 0.493 e. The zero-order chi connectivity index (χ0) is 17.2. The topological polar surface area (TPSA) is 79.2 Å². The van der Waals surface area contributed by atoms with E-state index in [1.807, 2.05) is 25.1 Å². The monoisotopic (exact) mass is 344 g/mol.